The van der Waals surface area contributed by atoms with Crippen molar-refractivity contribution >= 4 is 11.9 Å². The number of rotatable bonds is 5. The van der Waals surface area contributed by atoms with E-state index in [-0.39, 0.29) is 24.3 Å². The van der Waals surface area contributed by atoms with Crippen molar-refractivity contribution in [3.05, 3.63) is 12.7 Å². The van der Waals surface area contributed by atoms with E-state index in [1.54, 1.807) is 0 Å². The molecule has 0 aromatic carbocycles. The van der Waals surface area contributed by atoms with Crippen LogP contribution in [-0.2, 0) is 14.3 Å². The molecule has 5 heteroatoms. The van der Waals surface area contributed by atoms with Crippen molar-refractivity contribution in [1.82, 2.24) is 5.32 Å². The van der Waals surface area contributed by atoms with Gasteiger partial charge in [-0.1, -0.05) is 6.08 Å². The van der Waals surface area contributed by atoms with Crippen LogP contribution in [0.4, 0.5) is 0 Å². The quantitative estimate of drug-likeness (QED) is 0.673. The van der Waals surface area contributed by atoms with Gasteiger partial charge >= 0.3 is 5.97 Å². The number of carboxylic acid groups (broad SMARTS) is 1. The van der Waals surface area contributed by atoms with Gasteiger partial charge in [-0.3, -0.25) is 4.79 Å². The van der Waals surface area contributed by atoms with Crippen molar-refractivity contribution in [2.24, 2.45) is 5.92 Å². The molecular weight excluding hydrogens is 210 g/mol. The van der Waals surface area contributed by atoms with Gasteiger partial charge in [-0.25, -0.2) is 4.79 Å². The van der Waals surface area contributed by atoms with E-state index in [1.807, 2.05) is 6.92 Å². The molecule has 0 radical (unpaired) electrons. The zero-order valence-electron chi connectivity index (χ0n) is 9.31. The van der Waals surface area contributed by atoms with Crippen LogP contribution in [0.5, 0.6) is 0 Å². The maximum atomic E-state index is 11.8. The summed E-state index contributed by atoms with van der Waals surface area (Å²) < 4.78 is 5.26. The Morgan fingerprint density at radius 3 is 2.81 bits per heavy atom. The predicted octanol–water partition coefficient (Wildman–Crippen LogP) is 0.557. The highest BCUT2D eigenvalue weighted by Crippen LogP contribution is 2.20. The summed E-state index contributed by atoms with van der Waals surface area (Å²) in [5.74, 6) is -1.54. The van der Waals surface area contributed by atoms with Crippen LogP contribution in [0.25, 0.3) is 0 Å². The Bertz CT molecular complexity index is 290. The molecule has 1 fully saturated rings. The highest BCUT2D eigenvalue weighted by Gasteiger charge is 2.32. The van der Waals surface area contributed by atoms with Gasteiger partial charge in [-0.05, 0) is 19.8 Å². The van der Waals surface area contributed by atoms with Crippen molar-refractivity contribution in [2.75, 3.05) is 6.61 Å². The fourth-order valence-corrected chi connectivity index (χ4v) is 1.74. The fraction of sp³-hybridized carbons (Fsp3) is 0.636. The van der Waals surface area contributed by atoms with Gasteiger partial charge in [0.2, 0.25) is 5.91 Å². The average molecular weight is 227 g/mol. The summed E-state index contributed by atoms with van der Waals surface area (Å²) in [6.45, 7) is 5.84. The lowest BCUT2D eigenvalue weighted by molar-refractivity contribution is -0.142. The van der Waals surface area contributed by atoms with Crippen LogP contribution in [0.2, 0.25) is 0 Å². The number of carbonyl (C=O) groups is 2. The van der Waals surface area contributed by atoms with E-state index in [4.69, 9.17) is 9.84 Å². The van der Waals surface area contributed by atoms with E-state index in [9.17, 15) is 9.59 Å². The Balaban J connectivity index is 2.53. The van der Waals surface area contributed by atoms with Crippen molar-refractivity contribution < 1.29 is 19.4 Å². The summed E-state index contributed by atoms with van der Waals surface area (Å²) in [6.07, 6.45) is 2.21. The lowest BCUT2D eigenvalue weighted by Crippen LogP contribution is -2.44. The maximum absolute atomic E-state index is 11.8. The Kier molecular flexibility index (Phi) is 4.49. The number of amides is 1. The first kappa shape index (κ1) is 12.7. The second-order valence-electron chi connectivity index (χ2n) is 3.89. The van der Waals surface area contributed by atoms with Crippen LogP contribution in [0, 0.1) is 5.92 Å². The minimum absolute atomic E-state index is 0.141. The van der Waals surface area contributed by atoms with Crippen molar-refractivity contribution in [1.29, 1.82) is 0 Å². The van der Waals surface area contributed by atoms with Crippen LogP contribution in [0.1, 0.15) is 19.8 Å². The molecule has 16 heavy (non-hydrogen) atoms. The summed E-state index contributed by atoms with van der Waals surface area (Å²) in [7, 11) is 0. The largest absolute Gasteiger partial charge is 0.480 e. The van der Waals surface area contributed by atoms with Gasteiger partial charge in [-0.15, -0.1) is 6.58 Å². The second kappa shape index (κ2) is 5.65. The zero-order valence-corrected chi connectivity index (χ0v) is 9.31. The van der Waals surface area contributed by atoms with Crippen LogP contribution in [0.3, 0.4) is 0 Å². The Hall–Kier alpha value is -1.36. The predicted molar refractivity (Wildman–Crippen MR) is 57.9 cm³/mol. The Labute approximate surface area is 94.5 Å². The van der Waals surface area contributed by atoms with Crippen LogP contribution < -0.4 is 5.32 Å². The third-order valence-electron chi connectivity index (χ3n) is 2.73. The molecule has 0 aromatic heterocycles. The molecule has 1 saturated heterocycles. The number of ether oxygens (including phenoxy) is 1. The zero-order chi connectivity index (χ0) is 12.1. The first-order chi connectivity index (χ1) is 7.56. The summed E-state index contributed by atoms with van der Waals surface area (Å²) in [5, 5.41) is 11.4. The summed E-state index contributed by atoms with van der Waals surface area (Å²) in [5.41, 5.74) is 0. The molecule has 3 unspecified atom stereocenters. The molecule has 0 aromatic rings. The van der Waals surface area contributed by atoms with E-state index in [2.05, 4.69) is 11.9 Å². The monoisotopic (exact) mass is 227 g/mol. The first-order valence-corrected chi connectivity index (χ1v) is 5.32. The van der Waals surface area contributed by atoms with Gasteiger partial charge in [0, 0.05) is 6.61 Å². The SMILES string of the molecule is C=CCC(NC(=O)C1CCOC1C)C(=O)O. The van der Waals surface area contributed by atoms with Gasteiger partial charge in [0.15, 0.2) is 0 Å². The molecule has 0 aliphatic carbocycles. The number of nitrogens with one attached hydrogen (secondary N) is 1. The van der Waals surface area contributed by atoms with Crippen LogP contribution in [0.15, 0.2) is 12.7 Å². The van der Waals surface area contributed by atoms with E-state index in [1.165, 1.54) is 6.08 Å². The van der Waals surface area contributed by atoms with Crippen LogP contribution >= 0.6 is 0 Å². The molecule has 1 rings (SSSR count). The van der Waals surface area contributed by atoms with Crippen molar-refractivity contribution in [3.8, 4) is 0 Å². The van der Waals surface area contributed by atoms with Gasteiger partial charge in [0.1, 0.15) is 6.04 Å². The molecule has 1 aliphatic heterocycles. The van der Waals surface area contributed by atoms with Crippen LogP contribution in [-0.4, -0.2) is 35.7 Å². The number of hydrogen-bond donors (Lipinski definition) is 2. The third kappa shape index (κ3) is 3.06. The second-order valence-corrected chi connectivity index (χ2v) is 3.89. The Morgan fingerprint density at radius 1 is 1.69 bits per heavy atom. The summed E-state index contributed by atoms with van der Waals surface area (Å²) in [4.78, 5) is 22.6. The van der Waals surface area contributed by atoms with E-state index >= 15 is 0 Å². The molecule has 0 bridgehead atoms. The molecule has 3 atom stereocenters. The molecule has 2 N–H and O–H groups in total. The lowest BCUT2D eigenvalue weighted by Gasteiger charge is -2.17. The minimum atomic E-state index is -1.04. The molecule has 0 saturated carbocycles. The van der Waals surface area contributed by atoms with Gasteiger partial charge in [0.05, 0.1) is 12.0 Å². The number of hydrogen-bond acceptors (Lipinski definition) is 3. The van der Waals surface area contributed by atoms with Crippen molar-refractivity contribution in [3.63, 3.8) is 0 Å². The number of aliphatic carboxylic acids is 1. The van der Waals surface area contributed by atoms with E-state index in [0.717, 1.165) is 0 Å². The topological polar surface area (TPSA) is 75.6 Å². The third-order valence-corrected chi connectivity index (χ3v) is 2.73. The Morgan fingerprint density at radius 2 is 2.38 bits per heavy atom. The van der Waals surface area contributed by atoms with E-state index < -0.39 is 12.0 Å². The molecule has 1 aliphatic rings. The standard InChI is InChI=1S/C11H17NO4/c1-3-4-9(11(14)15)12-10(13)8-5-6-16-7(8)2/h3,7-9H,1,4-6H2,2H3,(H,12,13)(H,14,15). The summed E-state index contributed by atoms with van der Waals surface area (Å²) in [6, 6.07) is -0.891. The van der Waals surface area contributed by atoms with Gasteiger partial charge < -0.3 is 15.2 Å². The maximum Gasteiger partial charge on any atom is 0.326 e. The number of carboxylic acids is 1. The molecular formula is C11H17NO4. The minimum Gasteiger partial charge on any atom is -0.480 e. The van der Waals surface area contributed by atoms with Gasteiger partial charge in [-0.2, -0.15) is 0 Å². The normalized spacial score (nSPS) is 26.1. The van der Waals surface area contributed by atoms with Gasteiger partial charge in [0.25, 0.3) is 0 Å². The molecule has 0 spiro atoms. The fourth-order valence-electron chi connectivity index (χ4n) is 1.74. The highest BCUT2D eigenvalue weighted by atomic mass is 16.5. The average Bonchev–Trinajstić information content (AvgIpc) is 2.63. The first-order valence-electron chi connectivity index (χ1n) is 5.32. The summed E-state index contributed by atoms with van der Waals surface area (Å²) >= 11 is 0. The van der Waals surface area contributed by atoms with Crippen molar-refractivity contribution in [2.45, 2.75) is 31.9 Å². The smallest absolute Gasteiger partial charge is 0.326 e. The molecule has 5 nitrogen and oxygen atoms in total. The molecule has 1 amide bonds. The lowest BCUT2D eigenvalue weighted by atomic mass is 10.0. The molecule has 90 valence electrons. The number of carbonyl (C=O) groups excluding carboxylic acids is 1. The molecule has 1 heterocycles. The highest BCUT2D eigenvalue weighted by molar-refractivity contribution is 5.85. The van der Waals surface area contributed by atoms with E-state index in [0.29, 0.717) is 13.0 Å².